The highest BCUT2D eigenvalue weighted by Crippen LogP contribution is 2.31. The molecule has 2 atom stereocenters. The van der Waals surface area contributed by atoms with Gasteiger partial charge in [-0.05, 0) is 42.2 Å². The van der Waals surface area contributed by atoms with Crippen molar-refractivity contribution in [3.05, 3.63) is 59.9 Å². The molecule has 27 heavy (non-hydrogen) atoms. The van der Waals surface area contributed by atoms with Gasteiger partial charge in [0.05, 0.1) is 25.3 Å². The molecule has 0 aliphatic carbocycles. The summed E-state index contributed by atoms with van der Waals surface area (Å²) in [5.74, 6) is 0.530. The van der Waals surface area contributed by atoms with Gasteiger partial charge in [-0.15, -0.1) is 0 Å². The maximum atomic E-state index is 13.2. The summed E-state index contributed by atoms with van der Waals surface area (Å²) >= 11 is 0. The maximum Gasteiger partial charge on any atom is 0.222 e. The molecule has 2 aromatic rings. The van der Waals surface area contributed by atoms with Crippen molar-refractivity contribution >= 4 is 11.6 Å². The van der Waals surface area contributed by atoms with Crippen molar-refractivity contribution in [2.24, 2.45) is 5.92 Å². The number of halogens is 1. The van der Waals surface area contributed by atoms with Gasteiger partial charge in [0.2, 0.25) is 5.91 Å². The largest absolute Gasteiger partial charge is 0.495 e. The lowest BCUT2D eigenvalue weighted by molar-refractivity contribution is -0.123. The van der Waals surface area contributed by atoms with E-state index in [4.69, 9.17) is 4.74 Å². The molecule has 1 saturated heterocycles. The highest BCUT2D eigenvalue weighted by molar-refractivity contribution is 5.76. The Morgan fingerprint density at radius 3 is 2.93 bits per heavy atom. The number of hydrogen-bond acceptors (Lipinski definition) is 4. The van der Waals surface area contributed by atoms with Crippen molar-refractivity contribution in [3.8, 4) is 5.75 Å². The van der Waals surface area contributed by atoms with Crippen LogP contribution in [0.4, 0.5) is 10.1 Å². The van der Waals surface area contributed by atoms with Crippen LogP contribution in [0.3, 0.4) is 0 Å². The van der Waals surface area contributed by atoms with E-state index in [0.717, 1.165) is 30.9 Å². The minimum atomic E-state index is -1.01. The Balaban J connectivity index is 1.47. The number of nitrogens with zero attached hydrogens (tertiary/aromatic N) is 1. The van der Waals surface area contributed by atoms with Gasteiger partial charge in [-0.3, -0.25) is 4.79 Å². The van der Waals surface area contributed by atoms with E-state index >= 15 is 0 Å². The van der Waals surface area contributed by atoms with Gasteiger partial charge >= 0.3 is 0 Å². The standard InChI is InChI=1S/C21H25FN2O3/c1-27-20-8-3-2-7-18(20)24-10-9-15(14-24)13-23-21(26)12-19(25)16-5-4-6-17(22)11-16/h2-8,11,15,19,25H,9-10,12-14H2,1H3,(H,23,26). The van der Waals surface area contributed by atoms with E-state index < -0.39 is 11.9 Å². The molecule has 2 unspecified atom stereocenters. The first-order valence-electron chi connectivity index (χ1n) is 9.15. The van der Waals surface area contributed by atoms with E-state index in [1.807, 2.05) is 24.3 Å². The molecule has 1 heterocycles. The molecule has 0 aromatic heterocycles. The number of aliphatic hydroxyl groups is 1. The van der Waals surface area contributed by atoms with Gasteiger partial charge in [-0.25, -0.2) is 4.39 Å². The Kier molecular flexibility index (Phi) is 6.29. The molecule has 3 rings (SSSR count). The summed E-state index contributed by atoms with van der Waals surface area (Å²) in [7, 11) is 1.66. The molecule has 2 N–H and O–H groups in total. The molecule has 1 aliphatic heterocycles. The number of hydrogen-bond donors (Lipinski definition) is 2. The number of carbonyl (C=O) groups is 1. The summed E-state index contributed by atoms with van der Waals surface area (Å²) in [6.07, 6.45) is -0.105. The summed E-state index contributed by atoms with van der Waals surface area (Å²) < 4.78 is 18.6. The van der Waals surface area contributed by atoms with Crippen LogP contribution in [0.5, 0.6) is 5.75 Å². The van der Waals surface area contributed by atoms with Gasteiger partial charge in [0.25, 0.3) is 0 Å². The number of ether oxygens (including phenoxy) is 1. The van der Waals surface area contributed by atoms with E-state index in [-0.39, 0.29) is 12.3 Å². The lowest BCUT2D eigenvalue weighted by Gasteiger charge is -2.21. The number of nitrogens with one attached hydrogen (secondary N) is 1. The number of benzene rings is 2. The molecule has 0 bridgehead atoms. The number of amides is 1. The summed E-state index contributed by atoms with van der Waals surface area (Å²) in [5, 5.41) is 13.0. The van der Waals surface area contributed by atoms with Crippen LogP contribution in [0, 0.1) is 11.7 Å². The highest BCUT2D eigenvalue weighted by Gasteiger charge is 2.25. The predicted molar refractivity (Wildman–Crippen MR) is 102 cm³/mol. The van der Waals surface area contributed by atoms with Crippen molar-refractivity contribution in [2.75, 3.05) is 31.6 Å². The van der Waals surface area contributed by atoms with Crippen molar-refractivity contribution in [3.63, 3.8) is 0 Å². The third-order valence-electron chi connectivity index (χ3n) is 4.91. The number of aliphatic hydroxyl groups excluding tert-OH is 1. The van der Waals surface area contributed by atoms with Gasteiger partial charge in [0.1, 0.15) is 11.6 Å². The van der Waals surface area contributed by atoms with Crippen molar-refractivity contribution in [1.29, 1.82) is 0 Å². The second-order valence-corrected chi connectivity index (χ2v) is 6.85. The molecular formula is C21H25FN2O3. The van der Waals surface area contributed by atoms with Crippen LogP contribution in [0.2, 0.25) is 0 Å². The van der Waals surface area contributed by atoms with Crippen LogP contribution >= 0.6 is 0 Å². The molecule has 144 valence electrons. The smallest absolute Gasteiger partial charge is 0.222 e. The molecule has 0 spiro atoms. The van der Waals surface area contributed by atoms with Crippen LogP contribution in [0.25, 0.3) is 0 Å². The van der Waals surface area contributed by atoms with E-state index in [1.165, 1.54) is 18.2 Å². The maximum absolute atomic E-state index is 13.2. The molecule has 6 heteroatoms. The van der Waals surface area contributed by atoms with Crippen molar-refractivity contribution in [1.82, 2.24) is 5.32 Å². The Morgan fingerprint density at radius 2 is 2.15 bits per heavy atom. The Labute approximate surface area is 158 Å². The molecule has 1 aliphatic rings. The Bertz CT molecular complexity index is 784. The number of para-hydroxylation sites is 2. The summed E-state index contributed by atoms with van der Waals surface area (Å²) in [5.41, 5.74) is 1.48. The van der Waals surface area contributed by atoms with Gasteiger partial charge in [-0.1, -0.05) is 24.3 Å². The first-order valence-corrected chi connectivity index (χ1v) is 9.15. The first kappa shape index (κ1) is 19.2. The van der Waals surface area contributed by atoms with Crippen LogP contribution in [-0.4, -0.2) is 37.8 Å². The van der Waals surface area contributed by atoms with Crippen molar-refractivity contribution in [2.45, 2.75) is 18.9 Å². The van der Waals surface area contributed by atoms with E-state index in [9.17, 15) is 14.3 Å². The fourth-order valence-corrected chi connectivity index (χ4v) is 3.45. The SMILES string of the molecule is COc1ccccc1N1CCC(CNC(=O)CC(O)c2cccc(F)c2)C1. The lowest BCUT2D eigenvalue weighted by Crippen LogP contribution is -2.31. The minimum Gasteiger partial charge on any atom is -0.495 e. The van der Waals surface area contributed by atoms with Crippen LogP contribution in [0.15, 0.2) is 48.5 Å². The highest BCUT2D eigenvalue weighted by atomic mass is 19.1. The summed E-state index contributed by atoms with van der Waals surface area (Å²) in [6, 6.07) is 13.6. The fraction of sp³-hybridized carbons (Fsp3) is 0.381. The van der Waals surface area contributed by atoms with Crippen LogP contribution < -0.4 is 15.0 Å². The molecule has 0 radical (unpaired) electrons. The minimum absolute atomic E-state index is 0.0770. The summed E-state index contributed by atoms with van der Waals surface area (Å²) in [6.45, 7) is 2.31. The van der Waals surface area contributed by atoms with Crippen molar-refractivity contribution < 1.29 is 19.0 Å². The molecule has 1 fully saturated rings. The van der Waals surface area contributed by atoms with Crippen LogP contribution in [0.1, 0.15) is 24.5 Å². The molecule has 0 saturated carbocycles. The van der Waals surface area contributed by atoms with E-state index in [0.29, 0.717) is 18.0 Å². The van der Waals surface area contributed by atoms with Gasteiger partial charge in [0, 0.05) is 19.6 Å². The molecule has 5 nitrogen and oxygen atoms in total. The average molecular weight is 372 g/mol. The summed E-state index contributed by atoms with van der Waals surface area (Å²) in [4.78, 5) is 14.4. The van der Waals surface area contributed by atoms with Gasteiger partial charge in [-0.2, -0.15) is 0 Å². The number of carbonyl (C=O) groups excluding carboxylic acids is 1. The monoisotopic (exact) mass is 372 g/mol. The fourth-order valence-electron chi connectivity index (χ4n) is 3.45. The van der Waals surface area contributed by atoms with Gasteiger partial charge in [0.15, 0.2) is 0 Å². The molecule has 1 amide bonds. The number of anilines is 1. The van der Waals surface area contributed by atoms with E-state index in [1.54, 1.807) is 13.2 Å². The molecule has 2 aromatic carbocycles. The zero-order valence-corrected chi connectivity index (χ0v) is 15.4. The zero-order chi connectivity index (χ0) is 19.2. The van der Waals surface area contributed by atoms with E-state index in [2.05, 4.69) is 10.2 Å². The average Bonchev–Trinajstić information content (AvgIpc) is 3.15. The topological polar surface area (TPSA) is 61.8 Å². The zero-order valence-electron chi connectivity index (χ0n) is 15.4. The second-order valence-electron chi connectivity index (χ2n) is 6.85. The number of methoxy groups -OCH3 is 1. The third kappa shape index (κ3) is 4.98. The van der Waals surface area contributed by atoms with Gasteiger partial charge < -0.3 is 20.1 Å². The third-order valence-corrected chi connectivity index (χ3v) is 4.91. The first-order chi connectivity index (χ1) is 13.1. The quantitative estimate of drug-likeness (QED) is 0.785. The normalized spacial score (nSPS) is 17.6. The van der Waals surface area contributed by atoms with Crippen LogP contribution in [-0.2, 0) is 4.79 Å². The lowest BCUT2D eigenvalue weighted by atomic mass is 10.1. The Morgan fingerprint density at radius 1 is 1.33 bits per heavy atom. The number of rotatable bonds is 7. The Hall–Kier alpha value is -2.60. The predicted octanol–water partition coefficient (Wildman–Crippen LogP) is 2.90. The molecular weight excluding hydrogens is 347 g/mol. The second kappa shape index (κ2) is 8.86.